The molecule has 4 rings (SSSR count). The second-order valence-corrected chi connectivity index (χ2v) is 7.98. The van der Waals surface area contributed by atoms with Crippen molar-refractivity contribution in [3.8, 4) is 21.6 Å². The van der Waals surface area contributed by atoms with Crippen molar-refractivity contribution < 1.29 is 13.2 Å². The molecule has 0 spiro atoms. The van der Waals surface area contributed by atoms with Gasteiger partial charge in [0.2, 0.25) is 0 Å². The molecule has 6 heteroatoms. The van der Waals surface area contributed by atoms with Gasteiger partial charge in [0.15, 0.2) is 0 Å². The second-order valence-electron chi connectivity index (χ2n) is 6.86. The lowest BCUT2D eigenvalue weighted by Crippen LogP contribution is -2.13. The Hall–Kier alpha value is -2.96. The van der Waals surface area contributed by atoms with Gasteiger partial charge in [-0.25, -0.2) is 4.98 Å². The maximum Gasteiger partial charge on any atom is 0.416 e. The Morgan fingerprint density at radius 3 is 2.20 bits per heavy atom. The molecule has 152 valence electrons. The number of nitrogens with zero attached hydrogens (tertiary/aromatic N) is 1. The SMILES string of the molecule is FC(F)(F)c1cccc(CNCc2ncc(-c3ccc(-c4ccccc4)cc3)s2)c1. The Kier molecular flexibility index (Phi) is 5.97. The number of hydrogen-bond donors (Lipinski definition) is 1. The first-order valence-corrected chi connectivity index (χ1v) is 10.3. The smallest absolute Gasteiger partial charge is 0.306 e. The number of nitrogens with one attached hydrogen (secondary N) is 1. The zero-order chi connectivity index (χ0) is 21.0. The summed E-state index contributed by atoms with van der Waals surface area (Å²) in [6, 6.07) is 23.9. The van der Waals surface area contributed by atoms with Crippen LogP contribution < -0.4 is 5.32 Å². The van der Waals surface area contributed by atoms with Gasteiger partial charge in [-0.3, -0.25) is 0 Å². The minimum atomic E-state index is -4.32. The zero-order valence-electron chi connectivity index (χ0n) is 16.0. The summed E-state index contributed by atoms with van der Waals surface area (Å²) < 4.78 is 38.4. The molecule has 0 aliphatic heterocycles. The van der Waals surface area contributed by atoms with Crippen molar-refractivity contribution in [3.05, 3.63) is 101 Å². The van der Waals surface area contributed by atoms with Crippen molar-refractivity contribution in [2.45, 2.75) is 19.3 Å². The van der Waals surface area contributed by atoms with Crippen molar-refractivity contribution in [1.29, 1.82) is 0 Å². The third-order valence-electron chi connectivity index (χ3n) is 4.69. The van der Waals surface area contributed by atoms with E-state index in [4.69, 9.17) is 0 Å². The van der Waals surface area contributed by atoms with Gasteiger partial charge >= 0.3 is 6.18 Å². The fourth-order valence-corrected chi connectivity index (χ4v) is 4.05. The van der Waals surface area contributed by atoms with Gasteiger partial charge in [-0.1, -0.05) is 72.8 Å². The number of benzene rings is 3. The van der Waals surface area contributed by atoms with E-state index in [1.165, 1.54) is 17.7 Å². The summed E-state index contributed by atoms with van der Waals surface area (Å²) in [6.07, 6.45) is -2.49. The summed E-state index contributed by atoms with van der Waals surface area (Å²) in [7, 11) is 0. The molecule has 0 saturated carbocycles. The van der Waals surface area contributed by atoms with Crippen LogP contribution in [0.1, 0.15) is 16.1 Å². The van der Waals surface area contributed by atoms with Gasteiger partial charge in [0, 0.05) is 19.3 Å². The van der Waals surface area contributed by atoms with Crippen molar-refractivity contribution in [1.82, 2.24) is 10.3 Å². The van der Waals surface area contributed by atoms with Crippen molar-refractivity contribution in [2.24, 2.45) is 0 Å². The molecule has 0 aliphatic rings. The van der Waals surface area contributed by atoms with E-state index >= 15 is 0 Å². The van der Waals surface area contributed by atoms with E-state index in [0.717, 1.165) is 27.1 Å². The highest BCUT2D eigenvalue weighted by atomic mass is 32.1. The molecule has 1 aromatic heterocycles. The van der Waals surface area contributed by atoms with Crippen LogP contribution in [0.4, 0.5) is 13.2 Å². The van der Waals surface area contributed by atoms with E-state index in [-0.39, 0.29) is 0 Å². The van der Waals surface area contributed by atoms with Gasteiger partial charge in [0.1, 0.15) is 5.01 Å². The van der Waals surface area contributed by atoms with Crippen LogP contribution in [0.3, 0.4) is 0 Å². The van der Waals surface area contributed by atoms with Crippen molar-refractivity contribution >= 4 is 11.3 Å². The highest BCUT2D eigenvalue weighted by Gasteiger charge is 2.30. The van der Waals surface area contributed by atoms with Crippen molar-refractivity contribution in [2.75, 3.05) is 0 Å². The Bertz CT molecular complexity index is 1100. The molecule has 0 bridgehead atoms. The van der Waals surface area contributed by atoms with Crippen LogP contribution in [-0.2, 0) is 19.3 Å². The van der Waals surface area contributed by atoms with Crippen LogP contribution >= 0.6 is 11.3 Å². The Balaban J connectivity index is 1.37. The summed E-state index contributed by atoms with van der Waals surface area (Å²) >= 11 is 1.58. The van der Waals surface area contributed by atoms with E-state index in [1.807, 2.05) is 24.4 Å². The highest BCUT2D eigenvalue weighted by molar-refractivity contribution is 7.15. The van der Waals surface area contributed by atoms with Gasteiger partial charge in [-0.15, -0.1) is 11.3 Å². The van der Waals surface area contributed by atoms with Crippen LogP contribution in [-0.4, -0.2) is 4.98 Å². The lowest BCUT2D eigenvalue weighted by Gasteiger charge is -2.09. The second kappa shape index (κ2) is 8.81. The van der Waals surface area contributed by atoms with E-state index in [1.54, 1.807) is 17.4 Å². The molecule has 1 heterocycles. The van der Waals surface area contributed by atoms with Gasteiger partial charge in [-0.2, -0.15) is 13.2 Å². The largest absolute Gasteiger partial charge is 0.416 e. The van der Waals surface area contributed by atoms with Crippen LogP contribution in [0.2, 0.25) is 0 Å². The first-order chi connectivity index (χ1) is 14.5. The number of alkyl halides is 3. The Morgan fingerprint density at radius 1 is 0.767 bits per heavy atom. The standard InChI is InChI=1S/C24H19F3N2S/c25-24(26,27)21-8-4-5-17(13-21)14-28-16-23-29-15-22(30-23)20-11-9-19(10-12-20)18-6-2-1-3-7-18/h1-13,15,28H,14,16H2. The lowest BCUT2D eigenvalue weighted by atomic mass is 10.0. The lowest BCUT2D eigenvalue weighted by molar-refractivity contribution is -0.137. The normalized spacial score (nSPS) is 11.6. The monoisotopic (exact) mass is 424 g/mol. The summed E-state index contributed by atoms with van der Waals surface area (Å²) in [5.41, 5.74) is 3.39. The molecule has 0 aliphatic carbocycles. The third kappa shape index (κ3) is 4.96. The third-order valence-corrected chi connectivity index (χ3v) is 5.74. The average molecular weight is 424 g/mol. The summed E-state index contributed by atoms with van der Waals surface area (Å²) in [4.78, 5) is 5.50. The summed E-state index contributed by atoms with van der Waals surface area (Å²) in [6.45, 7) is 0.855. The maximum absolute atomic E-state index is 12.8. The van der Waals surface area contributed by atoms with Crippen LogP contribution in [0.15, 0.2) is 85.1 Å². The number of hydrogen-bond acceptors (Lipinski definition) is 3. The molecule has 1 N–H and O–H groups in total. The van der Waals surface area contributed by atoms with E-state index in [2.05, 4.69) is 46.7 Å². The fourth-order valence-electron chi connectivity index (χ4n) is 3.15. The zero-order valence-corrected chi connectivity index (χ0v) is 16.8. The molecule has 30 heavy (non-hydrogen) atoms. The Morgan fingerprint density at radius 2 is 1.47 bits per heavy atom. The van der Waals surface area contributed by atoms with Crippen LogP contribution in [0.5, 0.6) is 0 Å². The van der Waals surface area contributed by atoms with Gasteiger partial charge in [0.05, 0.1) is 10.4 Å². The summed E-state index contributed by atoms with van der Waals surface area (Å²) in [5.74, 6) is 0. The molecule has 4 aromatic rings. The number of aromatic nitrogens is 1. The number of thiazole rings is 1. The first-order valence-electron chi connectivity index (χ1n) is 9.46. The van der Waals surface area contributed by atoms with Crippen LogP contribution in [0.25, 0.3) is 21.6 Å². The molecular formula is C24H19F3N2S. The predicted molar refractivity (Wildman–Crippen MR) is 115 cm³/mol. The topological polar surface area (TPSA) is 24.9 Å². The number of rotatable bonds is 6. The van der Waals surface area contributed by atoms with E-state index in [0.29, 0.717) is 18.7 Å². The maximum atomic E-state index is 12.8. The van der Waals surface area contributed by atoms with Gasteiger partial charge < -0.3 is 5.32 Å². The molecule has 0 fully saturated rings. The first kappa shape index (κ1) is 20.3. The van der Waals surface area contributed by atoms with Crippen LogP contribution in [0, 0.1) is 0 Å². The molecule has 0 saturated heterocycles. The molecule has 0 unspecified atom stereocenters. The van der Waals surface area contributed by atoms with Gasteiger partial charge in [-0.05, 0) is 28.3 Å². The highest BCUT2D eigenvalue weighted by Crippen LogP contribution is 2.30. The predicted octanol–water partition coefficient (Wildman–Crippen LogP) is 6.79. The molecular weight excluding hydrogens is 405 g/mol. The molecule has 0 amide bonds. The quantitative estimate of drug-likeness (QED) is 0.369. The Labute approximate surface area is 177 Å². The minimum absolute atomic E-state index is 0.352. The van der Waals surface area contributed by atoms with Crippen molar-refractivity contribution in [3.63, 3.8) is 0 Å². The van der Waals surface area contributed by atoms with Gasteiger partial charge in [0.25, 0.3) is 0 Å². The number of halogens is 3. The molecule has 2 nitrogen and oxygen atoms in total. The molecule has 0 atom stereocenters. The fraction of sp³-hybridized carbons (Fsp3) is 0.125. The summed E-state index contributed by atoms with van der Waals surface area (Å²) in [5, 5.41) is 4.07. The van der Waals surface area contributed by atoms with E-state index < -0.39 is 11.7 Å². The van der Waals surface area contributed by atoms with E-state index in [9.17, 15) is 13.2 Å². The molecule has 3 aromatic carbocycles. The average Bonchev–Trinajstić information content (AvgIpc) is 3.23. The minimum Gasteiger partial charge on any atom is -0.306 e. The molecule has 0 radical (unpaired) electrons.